The maximum Gasteiger partial charge on any atom is 0.414 e. The number of rotatable bonds is 6. The summed E-state index contributed by atoms with van der Waals surface area (Å²) in [5.41, 5.74) is 3.23. The maximum atomic E-state index is 13.9. The first-order valence-electron chi connectivity index (χ1n) is 12.2. The van der Waals surface area contributed by atoms with E-state index in [2.05, 4.69) is 29.2 Å². The lowest BCUT2D eigenvalue weighted by Gasteiger charge is -2.38. The molecule has 1 saturated carbocycles. The number of carbonyl (C=O) groups is 1. The number of fused-ring (bicyclic) bond motifs is 2. The van der Waals surface area contributed by atoms with Crippen LogP contribution in [0.3, 0.4) is 0 Å². The van der Waals surface area contributed by atoms with Gasteiger partial charge in [0.15, 0.2) is 0 Å². The molecule has 6 heteroatoms. The van der Waals surface area contributed by atoms with Gasteiger partial charge in [0.2, 0.25) is 0 Å². The number of hydrogen-bond acceptors (Lipinski definition) is 3. The summed E-state index contributed by atoms with van der Waals surface area (Å²) in [7, 11) is 0. The third-order valence-corrected chi connectivity index (χ3v) is 7.20. The topological polar surface area (TPSA) is 32.8 Å². The Hall–Kier alpha value is -3.25. The van der Waals surface area contributed by atoms with Crippen molar-refractivity contribution >= 4 is 11.8 Å². The van der Waals surface area contributed by atoms with Gasteiger partial charge in [-0.15, -0.1) is 0 Å². The van der Waals surface area contributed by atoms with Gasteiger partial charge in [0.1, 0.15) is 17.7 Å². The Morgan fingerprint density at radius 3 is 2.20 bits per heavy atom. The lowest BCUT2D eigenvalue weighted by atomic mass is 9.94. The predicted molar refractivity (Wildman–Crippen MR) is 132 cm³/mol. The first-order valence-corrected chi connectivity index (χ1v) is 12.2. The Morgan fingerprint density at radius 1 is 0.914 bits per heavy atom. The summed E-state index contributed by atoms with van der Waals surface area (Å²) in [6.07, 6.45) is 1.45. The van der Waals surface area contributed by atoms with E-state index in [1.807, 2.05) is 37.3 Å². The van der Waals surface area contributed by atoms with Gasteiger partial charge in [-0.05, 0) is 54.7 Å². The molecule has 4 nitrogen and oxygen atoms in total. The van der Waals surface area contributed by atoms with Crippen LogP contribution >= 0.6 is 0 Å². The van der Waals surface area contributed by atoms with Crippen molar-refractivity contribution in [3.63, 3.8) is 0 Å². The van der Waals surface area contributed by atoms with Crippen LogP contribution in [0, 0.1) is 30.4 Å². The molecule has 3 aromatic rings. The molecule has 2 aliphatic rings. The van der Waals surface area contributed by atoms with Gasteiger partial charge in [0, 0.05) is 37.5 Å². The highest BCUT2D eigenvalue weighted by Crippen LogP contribution is 2.40. The standard InChI is InChI=1S/C29H30F2N2O2/c1-20-7-5-6-10-27(20)33(17-22-13-25(30)15-26(31)14-22)29(34)35-28-23-11-12-24(28)19-32(18-23)16-21-8-3-2-4-9-21/h2-10,13-15,23-24,28H,11-12,16-19H2,1H3. The van der Waals surface area contributed by atoms with Gasteiger partial charge in [-0.3, -0.25) is 9.80 Å². The van der Waals surface area contributed by atoms with Crippen molar-refractivity contribution in [2.75, 3.05) is 18.0 Å². The highest BCUT2D eigenvalue weighted by atomic mass is 19.1. The Balaban J connectivity index is 1.32. The third-order valence-electron chi connectivity index (χ3n) is 7.20. The van der Waals surface area contributed by atoms with Gasteiger partial charge in [-0.2, -0.15) is 0 Å². The molecule has 1 heterocycles. The molecule has 1 aliphatic carbocycles. The number of ether oxygens (including phenoxy) is 1. The van der Waals surface area contributed by atoms with Crippen molar-refractivity contribution in [1.82, 2.24) is 4.90 Å². The number of aryl methyl sites for hydroxylation is 1. The minimum absolute atomic E-state index is 0.0283. The van der Waals surface area contributed by atoms with Crippen LogP contribution < -0.4 is 4.90 Å². The number of carbonyl (C=O) groups excluding carboxylic acids is 1. The molecule has 0 radical (unpaired) electrons. The number of halogens is 2. The van der Waals surface area contributed by atoms with Crippen molar-refractivity contribution in [1.29, 1.82) is 0 Å². The van der Waals surface area contributed by atoms with Crippen LogP contribution in [0.1, 0.15) is 29.5 Å². The number of likely N-dealkylation sites (tertiary alicyclic amines) is 1. The van der Waals surface area contributed by atoms with Gasteiger partial charge in [0.25, 0.3) is 0 Å². The van der Waals surface area contributed by atoms with Crippen molar-refractivity contribution in [2.24, 2.45) is 11.8 Å². The van der Waals surface area contributed by atoms with Crippen LogP contribution in [0.4, 0.5) is 19.3 Å². The first-order chi connectivity index (χ1) is 17.0. The molecule has 1 amide bonds. The zero-order chi connectivity index (χ0) is 24.4. The highest BCUT2D eigenvalue weighted by Gasteiger charge is 2.45. The van der Waals surface area contributed by atoms with Gasteiger partial charge in [-0.25, -0.2) is 13.6 Å². The summed E-state index contributed by atoms with van der Waals surface area (Å²) in [6, 6.07) is 21.3. The summed E-state index contributed by atoms with van der Waals surface area (Å²) < 4.78 is 33.9. The summed E-state index contributed by atoms with van der Waals surface area (Å²) in [6.45, 7) is 4.62. The van der Waals surface area contributed by atoms with Crippen LogP contribution in [0.25, 0.3) is 0 Å². The molecule has 2 unspecified atom stereocenters. The van der Waals surface area contributed by atoms with E-state index in [0.717, 1.165) is 44.1 Å². The second-order valence-corrected chi connectivity index (χ2v) is 9.78. The zero-order valence-electron chi connectivity index (χ0n) is 19.9. The van der Waals surface area contributed by atoms with Crippen LogP contribution in [0.15, 0.2) is 72.8 Å². The highest BCUT2D eigenvalue weighted by molar-refractivity contribution is 5.88. The molecular weight excluding hydrogens is 446 g/mol. The number of benzene rings is 3. The number of amides is 1. The van der Waals surface area contributed by atoms with Crippen LogP contribution in [0.2, 0.25) is 0 Å². The molecule has 35 heavy (non-hydrogen) atoms. The predicted octanol–water partition coefficient (Wildman–Crippen LogP) is 6.33. The normalized spacial score (nSPS) is 21.6. The van der Waals surface area contributed by atoms with Crippen molar-refractivity contribution in [3.05, 3.63) is 101 Å². The quantitative estimate of drug-likeness (QED) is 0.417. The zero-order valence-corrected chi connectivity index (χ0v) is 19.9. The van der Waals surface area contributed by atoms with Gasteiger partial charge >= 0.3 is 6.09 Å². The molecule has 182 valence electrons. The minimum atomic E-state index is -0.665. The fraction of sp³-hybridized carbons (Fsp3) is 0.345. The number of piperidine rings is 1. The second-order valence-electron chi connectivity index (χ2n) is 9.78. The third kappa shape index (κ3) is 5.38. The average molecular weight is 477 g/mol. The van der Waals surface area contributed by atoms with Gasteiger partial charge < -0.3 is 4.74 Å². The van der Waals surface area contributed by atoms with Crippen molar-refractivity contribution < 1.29 is 18.3 Å². The van der Waals surface area contributed by atoms with E-state index < -0.39 is 17.7 Å². The van der Waals surface area contributed by atoms with E-state index in [-0.39, 0.29) is 24.5 Å². The molecule has 0 spiro atoms. The lowest BCUT2D eigenvalue weighted by Crippen LogP contribution is -2.47. The van der Waals surface area contributed by atoms with Gasteiger partial charge in [-0.1, -0.05) is 48.5 Å². The average Bonchev–Trinajstić information content (AvgIpc) is 3.05. The summed E-state index contributed by atoms with van der Waals surface area (Å²) >= 11 is 0. The summed E-state index contributed by atoms with van der Waals surface area (Å²) in [5.74, 6) is -0.762. The maximum absolute atomic E-state index is 13.9. The first kappa shape index (κ1) is 23.5. The van der Waals surface area contributed by atoms with Crippen molar-refractivity contribution in [3.8, 4) is 0 Å². The smallest absolute Gasteiger partial charge is 0.414 e. The molecule has 2 fully saturated rings. The summed E-state index contributed by atoms with van der Waals surface area (Å²) in [4.78, 5) is 17.5. The largest absolute Gasteiger partial charge is 0.445 e. The SMILES string of the molecule is Cc1ccccc1N(Cc1cc(F)cc(F)c1)C(=O)OC1C2CCC1CN(Cc1ccccc1)C2. The molecule has 5 rings (SSSR count). The molecule has 0 aromatic heterocycles. The van der Waals surface area contributed by atoms with E-state index in [9.17, 15) is 13.6 Å². The van der Waals surface area contributed by atoms with E-state index >= 15 is 0 Å². The molecule has 0 N–H and O–H groups in total. The van der Waals surface area contributed by atoms with Crippen molar-refractivity contribution in [2.45, 2.75) is 39.0 Å². The second kappa shape index (κ2) is 10.2. The monoisotopic (exact) mass is 476 g/mol. The number of anilines is 1. The van der Waals surface area contributed by atoms with E-state index in [0.29, 0.717) is 11.3 Å². The number of hydrogen-bond donors (Lipinski definition) is 0. The van der Waals surface area contributed by atoms with E-state index in [4.69, 9.17) is 4.74 Å². The Bertz CT molecular complexity index is 1150. The lowest BCUT2D eigenvalue weighted by molar-refractivity contribution is -0.0000926. The van der Waals surface area contributed by atoms with Crippen LogP contribution in [-0.2, 0) is 17.8 Å². The Kier molecular flexibility index (Phi) is 6.82. The van der Waals surface area contributed by atoms with E-state index in [1.54, 1.807) is 0 Å². The molecule has 2 bridgehead atoms. The Labute approximate surface area is 205 Å². The van der Waals surface area contributed by atoms with Gasteiger partial charge in [0.05, 0.1) is 12.2 Å². The van der Waals surface area contributed by atoms with Crippen LogP contribution in [-0.4, -0.2) is 30.2 Å². The number of nitrogens with zero attached hydrogens (tertiary/aromatic N) is 2. The Morgan fingerprint density at radius 2 is 1.54 bits per heavy atom. The van der Waals surface area contributed by atoms with Crippen LogP contribution in [0.5, 0.6) is 0 Å². The fourth-order valence-electron chi connectivity index (χ4n) is 5.61. The summed E-state index contributed by atoms with van der Waals surface area (Å²) in [5, 5.41) is 0. The number of para-hydroxylation sites is 1. The van der Waals surface area contributed by atoms with E-state index in [1.165, 1.54) is 22.6 Å². The minimum Gasteiger partial charge on any atom is -0.445 e. The fourth-order valence-corrected chi connectivity index (χ4v) is 5.61. The molecule has 1 saturated heterocycles. The molecule has 1 aliphatic heterocycles. The molecule has 2 atom stereocenters. The molecule has 3 aromatic carbocycles. The molecular formula is C29H30F2N2O2.